The average Bonchev–Trinajstić information content (AvgIpc) is 2.79. The molecule has 0 saturated heterocycles. The highest BCUT2D eigenvalue weighted by molar-refractivity contribution is 7.89. The van der Waals surface area contributed by atoms with E-state index in [9.17, 15) is 17.2 Å². The van der Waals surface area contributed by atoms with Gasteiger partial charge in [-0.3, -0.25) is 0 Å². The molecule has 8 heteroatoms. The third-order valence-corrected chi connectivity index (χ3v) is 4.78. The van der Waals surface area contributed by atoms with Gasteiger partial charge in [0.15, 0.2) is 0 Å². The Hall–Kier alpha value is -1.80. The summed E-state index contributed by atoms with van der Waals surface area (Å²) in [6.45, 7) is 2.92. The van der Waals surface area contributed by atoms with Crippen LogP contribution in [0.5, 0.6) is 0 Å². The lowest BCUT2D eigenvalue weighted by atomic mass is 10.2. The topological polar surface area (TPSA) is 63.4 Å². The maximum atomic E-state index is 13.8. The number of hydrogen-bond acceptors (Lipinski definition) is 4. The highest BCUT2D eigenvalue weighted by Gasteiger charge is 2.26. The number of aromatic nitrogens is 1. The van der Waals surface area contributed by atoms with Crippen molar-refractivity contribution in [1.29, 1.82) is 0 Å². The smallest absolute Gasteiger partial charge is 0.246 e. The number of hydrogen-bond donors (Lipinski definition) is 0. The Balaban J connectivity index is 2.35. The van der Waals surface area contributed by atoms with Crippen molar-refractivity contribution < 1.29 is 21.7 Å². The molecule has 2 aromatic rings. The van der Waals surface area contributed by atoms with Crippen LogP contribution in [0.1, 0.15) is 17.0 Å². The molecule has 0 bridgehead atoms. The zero-order valence-corrected chi connectivity index (χ0v) is 12.5. The Morgan fingerprint density at radius 1 is 1.19 bits per heavy atom. The third kappa shape index (κ3) is 3.11. The van der Waals surface area contributed by atoms with Gasteiger partial charge in [0.25, 0.3) is 0 Å². The van der Waals surface area contributed by atoms with Crippen LogP contribution >= 0.6 is 0 Å². The number of nitrogens with zero attached hydrogens (tertiary/aromatic N) is 2. The summed E-state index contributed by atoms with van der Waals surface area (Å²) >= 11 is 0. The lowest BCUT2D eigenvalue weighted by molar-refractivity contribution is 0.377. The van der Waals surface area contributed by atoms with Gasteiger partial charge in [-0.2, -0.15) is 4.31 Å². The van der Waals surface area contributed by atoms with E-state index < -0.39 is 26.6 Å². The first-order valence-electron chi connectivity index (χ1n) is 6.06. The Labute approximate surface area is 121 Å². The Bertz CT molecular complexity index is 772. The molecule has 0 amide bonds. The average molecular weight is 316 g/mol. The zero-order chi connectivity index (χ0) is 15.8. The van der Waals surface area contributed by atoms with Gasteiger partial charge in [-0.15, -0.1) is 0 Å². The molecular formula is C13H14F2N2O3S. The van der Waals surface area contributed by atoms with E-state index in [-0.39, 0.29) is 12.1 Å². The van der Waals surface area contributed by atoms with Crippen LogP contribution < -0.4 is 0 Å². The number of halogens is 2. The molecule has 114 valence electrons. The second-order valence-electron chi connectivity index (χ2n) is 4.72. The van der Waals surface area contributed by atoms with E-state index in [0.29, 0.717) is 17.5 Å². The summed E-state index contributed by atoms with van der Waals surface area (Å²) in [5.74, 6) is -1.24. The minimum absolute atomic E-state index is 0.0428. The van der Waals surface area contributed by atoms with Crippen LogP contribution in [-0.2, 0) is 16.6 Å². The quantitative estimate of drug-likeness (QED) is 0.869. The summed E-state index contributed by atoms with van der Waals surface area (Å²) in [6.07, 6.45) is 0. The van der Waals surface area contributed by atoms with Gasteiger partial charge in [-0.1, -0.05) is 5.16 Å². The van der Waals surface area contributed by atoms with Crippen molar-refractivity contribution in [1.82, 2.24) is 9.46 Å². The molecule has 0 unspecified atom stereocenters. The second kappa shape index (κ2) is 5.53. The number of sulfonamides is 1. The summed E-state index contributed by atoms with van der Waals surface area (Å²) in [5.41, 5.74) is 0.424. The molecule has 0 spiro atoms. The van der Waals surface area contributed by atoms with Crippen LogP contribution in [0.15, 0.2) is 27.6 Å². The van der Waals surface area contributed by atoms with Crippen LogP contribution in [0, 0.1) is 25.5 Å². The van der Waals surface area contributed by atoms with E-state index in [1.165, 1.54) is 14.0 Å². The van der Waals surface area contributed by atoms with Gasteiger partial charge in [-0.25, -0.2) is 17.2 Å². The van der Waals surface area contributed by atoms with E-state index in [1.807, 2.05) is 0 Å². The zero-order valence-electron chi connectivity index (χ0n) is 11.7. The van der Waals surface area contributed by atoms with E-state index >= 15 is 0 Å². The summed E-state index contributed by atoms with van der Waals surface area (Å²) in [5, 5.41) is 3.67. The van der Waals surface area contributed by atoms with E-state index in [2.05, 4.69) is 5.16 Å². The molecule has 0 N–H and O–H groups in total. The third-order valence-electron chi connectivity index (χ3n) is 2.96. The van der Waals surface area contributed by atoms with Gasteiger partial charge >= 0.3 is 0 Å². The van der Waals surface area contributed by atoms with Crippen LogP contribution in [0.3, 0.4) is 0 Å². The monoisotopic (exact) mass is 316 g/mol. The van der Waals surface area contributed by atoms with Gasteiger partial charge in [0.2, 0.25) is 10.0 Å². The SMILES string of the molecule is Cc1cc(CN(C)S(=O)(=O)c2cc(F)c(C)cc2F)no1. The molecular weight excluding hydrogens is 302 g/mol. The van der Waals surface area contributed by atoms with Crippen molar-refractivity contribution in [3.63, 3.8) is 0 Å². The second-order valence-corrected chi connectivity index (χ2v) is 6.74. The molecule has 21 heavy (non-hydrogen) atoms. The van der Waals surface area contributed by atoms with Crippen molar-refractivity contribution in [3.05, 3.63) is 46.9 Å². The van der Waals surface area contributed by atoms with Crippen molar-refractivity contribution in [3.8, 4) is 0 Å². The molecule has 0 fully saturated rings. The maximum absolute atomic E-state index is 13.8. The molecule has 5 nitrogen and oxygen atoms in total. The lowest BCUT2D eigenvalue weighted by Gasteiger charge is -2.16. The van der Waals surface area contributed by atoms with Gasteiger partial charge in [0, 0.05) is 13.1 Å². The first-order chi connectivity index (χ1) is 9.71. The predicted octanol–water partition coefficient (Wildman–Crippen LogP) is 2.39. The molecule has 0 aliphatic heterocycles. The van der Waals surface area contributed by atoms with Crippen molar-refractivity contribution in [2.45, 2.75) is 25.3 Å². The first-order valence-corrected chi connectivity index (χ1v) is 7.50. The fraction of sp³-hybridized carbons (Fsp3) is 0.308. The van der Waals surface area contributed by atoms with E-state index in [4.69, 9.17) is 4.52 Å². The lowest BCUT2D eigenvalue weighted by Crippen LogP contribution is -2.27. The Morgan fingerprint density at radius 3 is 2.43 bits per heavy atom. The van der Waals surface area contributed by atoms with Crippen molar-refractivity contribution >= 4 is 10.0 Å². The van der Waals surface area contributed by atoms with Gasteiger partial charge in [0.05, 0.1) is 12.2 Å². The maximum Gasteiger partial charge on any atom is 0.246 e. The Kier molecular flexibility index (Phi) is 4.11. The number of aryl methyl sites for hydroxylation is 2. The van der Waals surface area contributed by atoms with Gasteiger partial charge < -0.3 is 4.52 Å². The fourth-order valence-electron chi connectivity index (χ4n) is 1.80. The molecule has 0 aliphatic carbocycles. The molecule has 1 heterocycles. The molecule has 0 atom stereocenters. The van der Waals surface area contributed by atoms with Gasteiger partial charge in [-0.05, 0) is 31.5 Å². The standard InChI is InChI=1S/C13H14F2N2O3S/c1-8-4-12(15)13(6-11(8)14)21(18,19)17(3)7-10-5-9(2)20-16-10/h4-6H,7H2,1-3H3. The van der Waals surface area contributed by atoms with Crippen molar-refractivity contribution in [2.24, 2.45) is 0 Å². The normalized spacial score (nSPS) is 12.1. The van der Waals surface area contributed by atoms with E-state index in [1.54, 1.807) is 13.0 Å². The van der Waals surface area contributed by atoms with Crippen LogP contribution in [0.2, 0.25) is 0 Å². The molecule has 1 aromatic heterocycles. The number of rotatable bonds is 4. The molecule has 0 aliphatic rings. The highest BCUT2D eigenvalue weighted by atomic mass is 32.2. The molecule has 1 aromatic carbocycles. The summed E-state index contributed by atoms with van der Waals surface area (Å²) in [6, 6.07) is 3.11. The predicted molar refractivity (Wildman–Crippen MR) is 71.0 cm³/mol. The first kappa shape index (κ1) is 15.6. The molecule has 2 rings (SSSR count). The fourth-order valence-corrected chi connectivity index (χ4v) is 2.99. The molecule has 0 saturated carbocycles. The molecule has 0 radical (unpaired) electrons. The summed E-state index contributed by atoms with van der Waals surface area (Å²) < 4.78 is 57.6. The minimum Gasteiger partial charge on any atom is -0.361 e. The van der Waals surface area contributed by atoms with Crippen LogP contribution in [-0.4, -0.2) is 24.9 Å². The minimum atomic E-state index is -4.16. The van der Waals surface area contributed by atoms with Crippen molar-refractivity contribution in [2.75, 3.05) is 7.05 Å². The van der Waals surface area contributed by atoms with Gasteiger partial charge in [0.1, 0.15) is 22.3 Å². The number of benzene rings is 1. The highest BCUT2D eigenvalue weighted by Crippen LogP contribution is 2.22. The van der Waals surface area contributed by atoms with Crippen LogP contribution in [0.25, 0.3) is 0 Å². The van der Waals surface area contributed by atoms with Crippen LogP contribution in [0.4, 0.5) is 8.78 Å². The summed E-state index contributed by atoms with van der Waals surface area (Å²) in [4.78, 5) is -0.701. The summed E-state index contributed by atoms with van der Waals surface area (Å²) in [7, 11) is -2.90. The Morgan fingerprint density at radius 2 is 1.86 bits per heavy atom. The van der Waals surface area contributed by atoms with E-state index in [0.717, 1.165) is 10.4 Å². The largest absolute Gasteiger partial charge is 0.361 e.